The van der Waals surface area contributed by atoms with Gasteiger partial charge in [-0.2, -0.15) is 0 Å². The van der Waals surface area contributed by atoms with E-state index in [9.17, 15) is 4.79 Å². The van der Waals surface area contributed by atoms with E-state index in [-0.39, 0.29) is 6.54 Å². The van der Waals surface area contributed by atoms with Crippen LogP contribution in [0.2, 0.25) is 0 Å². The Labute approximate surface area is 51.4 Å². The first-order valence-electron chi connectivity index (χ1n) is 2.14. The zero-order valence-corrected chi connectivity index (χ0v) is 4.87. The SMILES string of the molecule is CONC(=O)CN=[N+]=[N-]. The molecule has 6 heteroatoms. The maximum Gasteiger partial charge on any atom is 0.249 e. The standard InChI is InChI=1S/C3H6N4O2/c1-9-6-3(8)2-5-7-4/h2H2,1H3,(H,6,8). The molecule has 0 heterocycles. The van der Waals surface area contributed by atoms with Gasteiger partial charge in [0.15, 0.2) is 0 Å². The lowest BCUT2D eigenvalue weighted by molar-refractivity contribution is -0.129. The number of hydroxylamine groups is 1. The Morgan fingerprint density at radius 3 is 3.11 bits per heavy atom. The van der Waals surface area contributed by atoms with Gasteiger partial charge in [0, 0.05) is 4.91 Å². The smallest absolute Gasteiger partial charge is 0.249 e. The number of rotatable bonds is 3. The summed E-state index contributed by atoms with van der Waals surface area (Å²) in [4.78, 5) is 16.9. The molecule has 0 aliphatic carbocycles. The van der Waals surface area contributed by atoms with Crippen LogP contribution in [0.4, 0.5) is 0 Å². The van der Waals surface area contributed by atoms with Crippen molar-refractivity contribution in [2.75, 3.05) is 13.7 Å². The first-order chi connectivity index (χ1) is 4.31. The molecule has 0 atom stereocenters. The fourth-order valence-corrected chi connectivity index (χ4v) is 0.242. The Hall–Kier alpha value is -1.26. The van der Waals surface area contributed by atoms with Crippen LogP contribution in [-0.4, -0.2) is 19.6 Å². The van der Waals surface area contributed by atoms with E-state index < -0.39 is 5.91 Å². The summed E-state index contributed by atoms with van der Waals surface area (Å²) in [5.41, 5.74) is 9.70. The minimum Gasteiger partial charge on any atom is -0.277 e. The quantitative estimate of drug-likeness (QED) is 0.252. The molecule has 0 fully saturated rings. The molecule has 9 heavy (non-hydrogen) atoms. The molecular formula is C3H6N4O2. The molecule has 0 aliphatic heterocycles. The Morgan fingerprint density at radius 2 is 2.67 bits per heavy atom. The molecule has 0 aromatic carbocycles. The highest BCUT2D eigenvalue weighted by Gasteiger charge is 1.93. The molecule has 0 spiro atoms. The van der Waals surface area contributed by atoms with Crippen LogP contribution in [0.25, 0.3) is 10.4 Å². The second kappa shape index (κ2) is 4.89. The van der Waals surface area contributed by atoms with Crippen molar-refractivity contribution in [1.82, 2.24) is 5.48 Å². The number of azide groups is 1. The van der Waals surface area contributed by atoms with E-state index in [2.05, 4.69) is 14.9 Å². The molecule has 1 N–H and O–H groups in total. The van der Waals surface area contributed by atoms with Gasteiger partial charge in [0.2, 0.25) is 5.91 Å². The summed E-state index contributed by atoms with van der Waals surface area (Å²) in [5.74, 6) is -0.463. The minimum absolute atomic E-state index is 0.232. The number of hydrogen-bond donors (Lipinski definition) is 1. The van der Waals surface area contributed by atoms with Crippen molar-refractivity contribution in [3.8, 4) is 0 Å². The highest BCUT2D eigenvalue weighted by Crippen LogP contribution is 1.70. The summed E-state index contributed by atoms with van der Waals surface area (Å²) in [6.45, 7) is -0.232. The van der Waals surface area contributed by atoms with Gasteiger partial charge in [0.05, 0.1) is 7.11 Å². The first kappa shape index (κ1) is 7.74. The Balaban J connectivity index is 3.38. The molecule has 0 saturated carbocycles. The second-order valence-corrected chi connectivity index (χ2v) is 1.12. The number of nitrogens with zero attached hydrogens (tertiary/aromatic N) is 3. The van der Waals surface area contributed by atoms with Crippen LogP contribution in [0.15, 0.2) is 5.11 Å². The van der Waals surface area contributed by atoms with E-state index in [1.807, 2.05) is 5.48 Å². The van der Waals surface area contributed by atoms with Gasteiger partial charge in [-0.3, -0.25) is 9.63 Å². The van der Waals surface area contributed by atoms with Gasteiger partial charge in [0.1, 0.15) is 6.54 Å². The van der Waals surface area contributed by atoms with E-state index in [4.69, 9.17) is 5.53 Å². The van der Waals surface area contributed by atoms with Gasteiger partial charge in [-0.05, 0) is 5.53 Å². The molecule has 0 aliphatic rings. The van der Waals surface area contributed by atoms with E-state index in [1.165, 1.54) is 7.11 Å². The van der Waals surface area contributed by atoms with E-state index in [0.29, 0.717) is 0 Å². The summed E-state index contributed by atoms with van der Waals surface area (Å²) in [6.07, 6.45) is 0. The minimum atomic E-state index is -0.463. The summed E-state index contributed by atoms with van der Waals surface area (Å²) in [5, 5.41) is 2.98. The van der Waals surface area contributed by atoms with Crippen LogP contribution in [0.1, 0.15) is 0 Å². The third kappa shape index (κ3) is 4.60. The summed E-state index contributed by atoms with van der Waals surface area (Å²) >= 11 is 0. The van der Waals surface area contributed by atoms with Gasteiger partial charge in [-0.25, -0.2) is 5.48 Å². The third-order valence-electron chi connectivity index (χ3n) is 0.493. The molecule has 0 bridgehead atoms. The fourth-order valence-electron chi connectivity index (χ4n) is 0.242. The van der Waals surface area contributed by atoms with Gasteiger partial charge in [0.25, 0.3) is 0 Å². The number of carbonyl (C=O) groups is 1. The second-order valence-electron chi connectivity index (χ2n) is 1.12. The summed E-state index contributed by atoms with van der Waals surface area (Å²) in [7, 11) is 1.30. The summed E-state index contributed by atoms with van der Waals surface area (Å²) in [6, 6.07) is 0. The lowest BCUT2D eigenvalue weighted by atomic mass is 10.6. The first-order valence-corrected chi connectivity index (χ1v) is 2.14. The molecule has 50 valence electrons. The van der Waals surface area contributed by atoms with Crippen molar-refractivity contribution in [3.05, 3.63) is 10.4 Å². The summed E-state index contributed by atoms with van der Waals surface area (Å²) < 4.78 is 0. The normalized spacial score (nSPS) is 7.67. The predicted molar refractivity (Wildman–Crippen MR) is 29.2 cm³/mol. The van der Waals surface area contributed by atoms with Crippen LogP contribution < -0.4 is 5.48 Å². The van der Waals surface area contributed by atoms with Gasteiger partial charge in [-0.15, -0.1) is 0 Å². The maximum atomic E-state index is 10.3. The number of carbonyl (C=O) groups excluding carboxylic acids is 1. The largest absolute Gasteiger partial charge is 0.277 e. The van der Waals surface area contributed by atoms with Gasteiger partial charge >= 0.3 is 0 Å². The molecule has 0 aromatic heterocycles. The van der Waals surface area contributed by atoms with Crippen LogP contribution in [0.3, 0.4) is 0 Å². The highest BCUT2D eigenvalue weighted by molar-refractivity contribution is 5.76. The van der Waals surface area contributed by atoms with Crippen molar-refractivity contribution in [3.63, 3.8) is 0 Å². The molecule has 0 saturated heterocycles. The van der Waals surface area contributed by atoms with Gasteiger partial charge in [-0.1, -0.05) is 5.11 Å². The zero-order chi connectivity index (χ0) is 7.11. The molecule has 0 rings (SSSR count). The topological polar surface area (TPSA) is 87.1 Å². The van der Waals surface area contributed by atoms with E-state index in [0.717, 1.165) is 0 Å². The molecule has 0 unspecified atom stereocenters. The fraction of sp³-hybridized carbons (Fsp3) is 0.667. The molecule has 1 amide bonds. The van der Waals surface area contributed by atoms with Crippen LogP contribution >= 0.6 is 0 Å². The van der Waals surface area contributed by atoms with Crippen LogP contribution in [-0.2, 0) is 9.63 Å². The molecule has 6 nitrogen and oxygen atoms in total. The highest BCUT2D eigenvalue weighted by atomic mass is 16.6. The lowest BCUT2D eigenvalue weighted by Crippen LogP contribution is -2.23. The van der Waals surface area contributed by atoms with Gasteiger partial charge < -0.3 is 0 Å². The maximum absolute atomic E-state index is 10.3. The lowest BCUT2D eigenvalue weighted by Gasteiger charge is -1.94. The molecule has 0 aromatic rings. The van der Waals surface area contributed by atoms with Crippen molar-refractivity contribution >= 4 is 5.91 Å². The van der Waals surface area contributed by atoms with E-state index >= 15 is 0 Å². The molecular weight excluding hydrogens is 124 g/mol. The third-order valence-corrected chi connectivity index (χ3v) is 0.493. The predicted octanol–water partition coefficient (Wildman–Crippen LogP) is -0.0257. The Bertz CT molecular complexity index is 139. The van der Waals surface area contributed by atoms with E-state index in [1.54, 1.807) is 0 Å². The average Bonchev–Trinajstić information content (AvgIpc) is 1.85. The number of amides is 1. The van der Waals surface area contributed by atoms with Crippen LogP contribution in [0.5, 0.6) is 0 Å². The van der Waals surface area contributed by atoms with Crippen molar-refractivity contribution in [2.24, 2.45) is 5.11 Å². The van der Waals surface area contributed by atoms with Crippen molar-refractivity contribution < 1.29 is 9.63 Å². The number of nitrogens with one attached hydrogen (secondary N) is 1. The Kier molecular flexibility index (Phi) is 4.20. The number of hydrogen-bond acceptors (Lipinski definition) is 3. The Morgan fingerprint density at radius 1 is 2.00 bits per heavy atom. The average molecular weight is 130 g/mol. The van der Waals surface area contributed by atoms with Crippen molar-refractivity contribution in [1.29, 1.82) is 0 Å². The monoisotopic (exact) mass is 130 g/mol. The van der Waals surface area contributed by atoms with Crippen LogP contribution in [0, 0.1) is 0 Å². The van der Waals surface area contributed by atoms with Crippen molar-refractivity contribution in [2.45, 2.75) is 0 Å². The zero-order valence-electron chi connectivity index (χ0n) is 4.87. The molecule has 0 radical (unpaired) electrons.